The number of alkyl halides is 2. The number of hydrogen-bond donors (Lipinski definition) is 0. The Morgan fingerprint density at radius 3 is 2.54 bits per heavy atom. The average Bonchev–Trinajstić information content (AvgIpc) is 2.17. The normalized spacial score (nSPS) is 11.0. The predicted octanol–water partition coefficient (Wildman–Crippen LogP) is 3.58. The van der Waals surface area contributed by atoms with E-state index in [2.05, 4.69) is 6.07 Å². The van der Waals surface area contributed by atoms with Crippen LogP contribution < -0.4 is 0 Å². The zero-order valence-corrected chi connectivity index (χ0v) is 6.80. The molecule has 2 heteroatoms. The van der Waals surface area contributed by atoms with Crippen molar-refractivity contribution in [3.8, 4) is 0 Å². The molecule has 0 aromatic heterocycles. The molecular formula is C11H7F2. The van der Waals surface area contributed by atoms with Gasteiger partial charge in [0.1, 0.15) is 0 Å². The van der Waals surface area contributed by atoms with E-state index in [1.54, 1.807) is 12.1 Å². The van der Waals surface area contributed by atoms with Crippen LogP contribution >= 0.6 is 0 Å². The van der Waals surface area contributed by atoms with Gasteiger partial charge in [-0.25, -0.2) is 8.78 Å². The summed E-state index contributed by atoms with van der Waals surface area (Å²) in [4.78, 5) is 0. The van der Waals surface area contributed by atoms with Gasteiger partial charge in [0.25, 0.3) is 6.43 Å². The third-order valence-corrected chi connectivity index (χ3v) is 1.92. The molecule has 0 unspecified atom stereocenters. The number of benzene rings is 2. The predicted molar refractivity (Wildman–Crippen MR) is 47.7 cm³/mol. The van der Waals surface area contributed by atoms with Gasteiger partial charge >= 0.3 is 0 Å². The van der Waals surface area contributed by atoms with Gasteiger partial charge in [-0.15, -0.1) is 0 Å². The molecule has 0 atom stereocenters. The maximum absolute atomic E-state index is 12.3. The minimum atomic E-state index is -2.44. The van der Waals surface area contributed by atoms with Gasteiger partial charge in [-0.05, 0) is 16.8 Å². The van der Waals surface area contributed by atoms with Crippen molar-refractivity contribution in [2.75, 3.05) is 0 Å². The Balaban J connectivity index is 2.62. The first-order chi connectivity index (χ1) is 6.27. The summed E-state index contributed by atoms with van der Waals surface area (Å²) in [6, 6.07) is 13.1. The van der Waals surface area contributed by atoms with Crippen LogP contribution in [0.5, 0.6) is 0 Å². The van der Waals surface area contributed by atoms with E-state index in [9.17, 15) is 8.78 Å². The van der Waals surface area contributed by atoms with Crippen LogP contribution in [0.15, 0.2) is 36.4 Å². The summed E-state index contributed by atoms with van der Waals surface area (Å²) in [6.45, 7) is 0. The molecule has 0 aliphatic rings. The summed E-state index contributed by atoms with van der Waals surface area (Å²) < 4.78 is 24.5. The number of rotatable bonds is 1. The summed E-state index contributed by atoms with van der Waals surface area (Å²) in [5, 5.41) is 1.67. The SMILES string of the molecule is FC(F)c1[c]c2ccccc2cc1. The van der Waals surface area contributed by atoms with Gasteiger partial charge in [-0.3, -0.25) is 0 Å². The van der Waals surface area contributed by atoms with Crippen molar-refractivity contribution >= 4 is 10.8 Å². The monoisotopic (exact) mass is 177 g/mol. The number of hydrogen-bond acceptors (Lipinski definition) is 0. The smallest absolute Gasteiger partial charge is 0.205 e. The van der Waals surface area contributed by atoms with Crippen LogP contribution in [0.2, 0.25) is 0 Å². The molecule has 0 saturated heterocycles. The lowest BCUT2D eigenvalue weighted by molar-refractivity contribution is 0.151. The average molecular weight is 177 g/mol. The zero-order valence-electron chi connectivity index (χ0n) is 6.80. The van der Waals surface area contributed by atoms with Crippen molar-refractivity contribution in [2.24, 2.45) is 0 Å². The first-order valence-corrected chi connectivity index (χ1v) is 3.96. The Morgan fingerprint density at radius 2 is 1.77 bits per heavy atom. The Bertz CT molecular complexity index is 421. The molecule has 0 bridgehead atoms. The second-order valence-corrected chi connectivity index (χ2v) is 2.80. The lowest BCUT2D eigenvalue weighted by Crippen LogP contribution is -1.83. The fraction of sp³-hybridized carbons (Fsp3) is 0.0909. The van der Waals surface area contributed by atoms with Gasteiger partial charge in [-0.2, -0.15) is 0 Å². The molecule has 0 heterocycles. The van der Waals surface area contributed by atoms with Crippen LogP contribution in [0, 0.1) is 6.07 Å². The van der Waals surface area contributed by atoms with Gasteiger partial charge in [0.05, 0.1) is 0 Å². The van der Waals surface area contributed by atoms with E-state index in [1.165, 1.54) is 6.07 Å². The van der Waals surface area contributed by atoms with Crippen molar-refractivity contribution in [3.63, 3.8) is 0 Å². The molecule has 0 spiro atoms. The quantitative estimate of drug-likeness (QED) is 0.624. The van der Waals surface area contributed by atoms with E-state index < -0.39 is 6.43 Å². The Labute approximate surface area is 74.8 Å². The molecule has 0 aliphatic carbocycles. The minimum Gasteiger partial charge on any atom is -0.205 e. The standard InChI is InChI=1S/C11H7F2/c12-11(13)10-6-5-8-3-1-2-4-9(8)7-10/h1-6,11H. The third-order valence-electron chi connectivity index (χ3n) is 1.92. The first-order valence-electron chi connectivity index (χ1n) is 3.96. The van der Waals surface area contributed by atoms with Crippen LogP contribution in [-0.2, 0) is 0 Å². The van der Waals surface area contributed by atoms with Crippen LogP contribution in [0.4, 0.5) is 8.78 Å². The second kappa shape index (κ2) is 3.13. The van der Waals surface area contributed by atoms with E-state index in [0.717, 1.165) is 10.8 Å². The lowest BCUT2D eigenvalue weighted by Gasteiger charge is -2.00. The molecule has 0 amide bonds. The fourth-order valence-electron chi connectivity index (χ4n) is 1.26. The van der Waals surface area contributed by atoms with Gasteiger partial charge in [-0.1, -0.05) is 36.4 Å². The van der Waals surface area contributed by atoms with Crippen molar-refractivity contribution in [1.29, 1.82) is 0 Å². The number of fused-ring (bicyclic) bond motifs is 1. The largest absolute Gasteiger partial charge is 0.264 e. The molecule has 13 heavy (non-hydrogen) atoms. The summed E-state index contributed by atoms with van der Waals surface area (Å²) >= 11 is 0. The summed E-state index contributed by atoms with van der Waals surface area (Å²) in [5.74, 6) is 0. The molecule has 0 fully saturated rings. The van der Waals surface area contributed by atoms with Gasteiger partial charge in [0.2, 0.25) is 0 Å². The molecular weight excluding hydrogens is 170 g/mol. The molecule has 0 saturated carbocycles. The minimum absolute atomic E-state index is 0.0429. The first kappa shape index (κ1) is 8.17. The molecule has 2 aromatic rings. The Kier molecular flexibility index (Phi) is 1.97. The highest BCUT2D eigenvalue weighted by molar-refractivity contribution is 5.82. The van der Waals surface area contributed by atoms with Crippen LogP contribution in [0.1, 0.15) is 12.0 Å². The Morgan fingerprint density at radius 1 is 1.00 bits per heavy atom. The van der Waals surface area contributed by atoms with Gasteiger partial charge in [0, 0.05) is 5.56 Å². The summed E-state index contributed by atoms with van der Waals surface area (Å²) in [5.41, 5.74) is -0.0429. The summed E-state index contributed by atoms with van der Waals surface area (Å²) in [6.07, 6.45) is -2.44. The van der Waals surface area contributed by atoms with Gasteiger partial charge < -0.3 is 0 Å². The van der Waals surface area contributed by atoms with Crippen molar-refractivity contribution < 1.29 is 8.78 Å². The third kappa shape index (κ3) is 1.52. The molecule has 0 nitrogen and oxygen atoms in total. The maximum atomic E-state index is 12.3. The molecule has 65 valence electrons. The van der Waals surface area contributed by atoms with E-state index in [1.807, 2.05) is 18.2 Å². The highest BCUT2D eigenvalue weighted by Gasteiger charge is 2.06. The van der Waals surface area contributed by atoms with E-state index in [-0.39, 0.29) is 5.56 Å². The van der Waals surface area contributed by atoms with Gasteiger partial charge in [0.15, 0.2) is 0 Å². The molecule has 0 N–H and O–H groups in total. The van der Waals surface area contributed by atoms with Crippen molar-refractivity contribution in [2.45, 2.75) is 6.43 Å². The molecule has 0 aliphatic heterocycles. The summed E-state index contributed by atoms with van der Waals surface area (Å²) in [7, 11) is 0. The van der Waals surface area contributed by atoms with Crippen molar-refractivity contribution in [3.05, 3.63) is 48.0 Å². The highest BCUT2D eigenvalue weighted by Crippen LogP contribution is 2.22. The molecule has 2 aromatic carbocycles. The molecule has 2 rings (SSSR count). The zero-order chi connectivity index (χ0) is 9.26. The van der Waals surface area contributed by atoms with E-state index >= 15 is 0 Å². The highest BCUT2D eigenvalue weighted by atomic mass is 19.3. The number of halogens is 2. The Hall–Kier alpha value is -1.44. The van der Waals surface area contributed by atoms with Crippen molar-refractivity contribution in [1.82, 2.24) is 0 Å². The molecule has 1 radical (unpaired) electrons. The second-order valence-electron chi connectivity index (χ2n) is 2.80. The topological polar surface area (TPSA) is 0 Å². The van der Waals surface area contributed by atoms with Crippen LogP contribution in [-0.4, -0.2) is 0 Å². The van der Waals surface area contributed by atoms with Crippen LogP contribution in [0.3, 0.4) is 0 Å². The van der Waals surface area contributed by atoms with E-state index in [0.29, 0.717) is 0 Å². The van der Waals surface area contributed by atoms with E-state index in [4.69, 9.17) is 0 Å². The maximum Gasteiger partial charge on any atom is 0.264 e. The van der Waals surface area contributed by atoms with Crippen LogP contribution in [0.25, 0.3) is 10.8 Å². The lowest BCUT2D eigenvalue weighted by atomic mass is 10.1. The fourth-order valence-corrected chi connectivity index (χ4v) is 1.26.